The molecule has 0 aliphatic carbocycles. The van der Waals surface area contributed by atoms with Gasteiger partial charge in [-0.25, -0.2) is 4.79 Å². The van der Waals surface area contributed by atoms with Gasteiger partial charge in [-0.1, -0.05) is 18.2 Å². The van der Waals surface area contributed by atoms with Gasteiger partial charge in [0.2, 0.25) is 0 Å². The van der Waals surface area contributed by atoms with E-state index in [0.717, 1.165) is 5.56 Å². The van der Waals surface area contributed by atoms with E-state index in [0.29, 0.717) is 23.2 Å². The van der Waals surface area contributed by atoms with Crippen LogP contribution in [0.15, 0.2) is 42.5 Å². The smallest absolute Gasteiger partial charge is 0.339 e. The summed E-state index contributed by atoms with van der Waals surface area (Å²) in [5.74, 6) is -0.993. The highest BCUT2D eigenvalue weighted by atomic mass is 16.6. The first-order chi connectivity index (χ1) is 11.5. The van der Waals surface area contributed by atoms with Crippen molar-refractivity contribution in [3.05, 3.63) is 69.3 Å². The molecule has 0 saturated heterocycles. The number of benzene rings is 2. The van der Waals surface area contributed by atoms with Crippen LogP contribution in [0.25, 0.3) is 0 Å². The number of carbonyl (C=O) groups excluding carboxylic acids is 2. The number of aryl methyl sites for hydroxylation is 1. The Kier molecular flexibility index (Phi) is 3.99. The van der Waals surface area contributed by atoms with Crippen LogP contribution in [0.2, 0.25) is 0 Å². The van der Waals surface area contributed by atoms with Gasteiger partial charge < -0.3 is 10.1 Å². The number of esters is 1. The van der Waals surface area contributed by atoms with Crippen molar-refractivity contribution < 1.29 is 19.2 Å². The second-order valence-electron chi connectivity index (χ2n) is 5.50. The summed E-state index contributed by atoms with van der Waals surface area (Å²) in [5.41, 5.74) is 2.17. The average Bonchev–Trinajstić information content (AvgIpc) is 2.56. The summed E-state index contributed by atoms with van der Waals surface area (Å²) >= 11 is 0. The molecule has 0 fully saturated rings. The van der Waals surface area contributed by atoms with E-state index in [-0.39, 0.29) is 5.69 Å². The van der Waals surface area contributed by atoms with Gasteiger partial charge in [0.25, 0.3) is 11.6 Å². The maximum absolute atomic E-state index is 12.4. The molecule has 0 spiro atoms. The first-order valence-corrected chi connectivity index (χ1v) is 7.30. The van der Waals surface area contributed by atoms with Crippen LogP contribution < -0.4 is 5.32 Å². The van der Waals surface area contributed by atoms with Crippen molar-refractivity contribution in [3.63, 3.8) is 0 Å². The third-order valence-electron chi connectivity index (χ3n) is 3.86. The van der Waals surface area contributed by atoms with Crippen molar-refractivity contribution in [2.75, 3.05) is 5.32 Å². The highest BCUT2D eigenvalue weighted by Crippen LogP contribution is 2.24. The van der Waals surface area contributed by atoms with Crippen molar-refractivity contribution in [1.82, 2.24) is 0 Å². The molecule has 2 aromatic carbocycles. The van der Waals surface area contributed by atoms with Crippen molar-refractivity contribution in [2.45, 2.75) is 19.4 Å². The normalized spacial score (nSPS) is 16.0. The van der Waals surface area contributed by atoms with E-state index >= 15 is 0 Å². The van der Waals surface area contributed by atoms with Gasteiger partial charge in [-0.05, 0) is 30.2 Å². The molecule has 24 heavy (non-hydrogen) atoms. The summed E-state index contributed by atoms with van der Waals surface area (Å²) in [4.78, 5) is 34.6. The van der Waals surface area contributed by atoms with Crippen LogP contribution in [-0.4, -0.2) is 22.9 Å². The number of anilines is 1. The number of nitrogens with zero attached hydrogens (tertiary/aromatic N) is 1. The van der Waals surface area contributed by atoms with E-state index in [1.807, 2.05) is 0 Å². The lowest BCUT2D eigenvalue weighted by Crippen LogP contribution is -2.38. The third-order valence-corrected chi connectivity index (χ3v) is 3.86. The Labute approximate surface area is 137 Å². The number of nitro benzene ring substituents is 1. The number of hydrogen-bond donors (Lipinski definition) is 1. The molecular formula is C17H14N2O5. The summed E-state index contributed by atoms with van der Waals surface area (Å²) in [7, 11) is 0. The number of amides is 1. The Bertz CT molecular complexity index is 847. The van der Waals surface area contributed by atoms with Gasteiger partial charge in [-0.15, -0.1) is 0 Å². The molecule has 3 rings (SSSR count). The molecule has 0 unspecified atom stereocenters. The fourth-order valence-corrected chi connectivity index (χ4v) is 2.59. The first-order valence-electron chi connectivity index (χ1n) is 7.30. The lowest BCUT2D eigenvalue weighted by molar-refractivity contribution is -0.384. The molecule has 1 aliphatic rings. The van der Waals surface area contributed by atoms with Crippen molar-refractivity contribution in [1.29, 1.82) is 0 Å². The molecule has 7 heteroatoms. The highest BCUT2D eigenvalue weighted by Gasteiger charge is 2.31. The molecule has 1 amide bonds. The zero-order valence-corrected chi connectivity index (χ0v) is 12.8. The first kappa shape index (κ1) is 15.7. The number of cyclic esters (lactones) is 1. The van der Waals surface area contributed by atoms with E-state index in [1.54, 1.807) is 31.2 Å². The van der Waals surface area contributed by atoms with Crippen molar-refractivity contribution >= 4 is 23.3 Å². The second-order valence-corrected chi connectivity index (χ2v) is 5.50. The minimum atomic E-state index is -0.929. The molecule has 7 nitrogen and oxygen atoms in total. The summed E-state index contributed by atoms with van der Waals surface area (Å²) in [6.45, 7) is 1.66. The highest BCUT2D eigenvalue weighted by molar-refractivity contribution is 6.00. The monoisotopic (exact) mass is 326 g/mol. The van der Waals surface area contributed by atoms with Gasteiger partial charge in [0.05, 0.1) is 10.5 Å². The Hall–Kier alpha value is -3.22. The molecule has 2 aromatic rings. The number of rotatable bonds is 3. The zero-order chi connectivity index (χ0) is 17.3. The van der Waals surface area contributed by atoms with Crippen LogP contribution in [0, 0.1) is 17.0 Å². The SMILES string of the molecule is Cc1cc([N+](=O)[O-])ccc1NC(=O)[C@@H]1Cc2ccccc2C(=O)O1. The Morgan fingerprint density at radius 2 is 2.04 bits per heavy atom. The molecule has 1 N–H and O–H groups in total. The van der Waals surface area contributed by atoms with Gasteiger partial charge >= 0.3 is 5.97 Å². The number of ether oxygens (including phenoxy) is 1. The topological polar surface area (TPSA) is 98.5 Å². The van der Waals surface area contributed by atoms with Crippen LogP contribution in [0.4, 0.5) is 11.4 Å². The number of nitro groups is 1. The van der Waals surface area contributed by atoms with Gasteiger partial charge in [-0.3, -0.25) is 14.9 Å². The molecular weight excluding hydrogens is 312 g/mol. The number of carbonyl (C=O) groups is 2. The summed E-state index contributed by atoms with van der Waals surface area (Å²) in [5, 5.41) is 13.4. The molecule has 0 aromatic heterocycles. The number of non-ortho nitro benzene ring substituents is 1. The number of fused-ring (bicyclic) bond motifs is 1. The quantitative estimate of drug-likeness (QED) is 0.531. The summed E-state index contributed by atoms with van der Waals surface area (Å²) < 4.78 is 5.19. The molecule has 0 saturated carbocycles. The van der Waals surface area contributed by atoms with Crippen LogP contribution in [-0.2, 0) is 16.0 Å². The molecule has 0 radical (unpaired) electrons. The molecule has 1 aliphatic heterocycles. The summed E-state index contributed by atoms with van der Waals surface area (Å²) in [6, 6.07) is 11.1. The van der Waals surface area contributed by atoms with Gasteiger partial charge in [0.15, 0.2) is 6.10 Å². The number of nitrogens with one attached hydrogen (secondary N) is 1. The van der Waals surface area contributed by atoms with Crippen LogP contribution in [0.3, 0.4) is 0 Å². The standard InChI is InChI=1S/C17H14N2O5/c1-10-8-12(19(22)23)6-7-14(10)18-16(20)15-9-11-4-2-3-5-13(11)17(21)24-15/h2-8,15H,9H2,1H3,(H,18,20)/t15-/m0/s1. The zero-order valence-electron chi connectivity index (χ0n) is 12.8. The van der Waals surface area contributed by atoms with E-state index in [9.17, 15) is 19.7 Å². The lowest BCUT2D eigenvalue weighted by atomic mass is 9.98. The Morgan fingerprint density at radius 3 is 2.75 bits per heavy atom. The van der Waals surface area contributed by atoms with E-state index in [2.05, 4.69) is 5.32 Å². The number of hydrogen-bond acceptors (Lipinski definition) is 5. The minimum absolute atomic E-state index is 0.0523. The fraction of sp³-hybridized carbons (Fsp3) is 0.176. The maximum Gasteiger partial charge on any atom is 0.339 e. The lowest BCUT2D eigenvalue weighted by Gasteiger charge is -2.24. The Balaban J connectivity index is 1.77. The third kappa shape index (κ3) is 2.96. The van der Waals surface area contributed by atoms with Crippen molar-refractivity contribution in [3.8, 4) is 0 Å². The van der Waals surface area contributed by atoms with Crippen molar-refractivity contribution in [2.24, 2.45) is 0 Å². The molecule has 1 atom stereocenters. The fourth-order valence-electron chi connectivity index (χ4n) is 2.59. The van der Waals surface area contributed by atoms with Gasteiger partial charge in [-0.2, -0.15) is 0 Å². The predicted molar refractivity (Wildman–Crippen MR) is 85.8 cm³/mol. The largest absolute Gasteiger partial charge is 0.448 e. The minimum Gasteiger partial charge on any atom is -0.448 e. The van der Waals surface area contributed by atoms with Crippen LogP contribution in [0.5, 0.6) is 0 Å². The maximum atomic E-state index is 12.4. The van der Waals surface area contributed by atoms with Crippen LogP contribution in [0.1, 0.15) is 21.5 Å². The molecule has 0 bridgehead atoms. The van der Waals surface area contributed by atoms with E-state index in [4.69, 9.17) is 4.74 Å². The molecule has 1 heterocycles. The second kappa shape index (κ2) is 6.11. The summed E-state index contributed by atoms with van der Waals surface area (Å²) in [6.07, 6.45) is -0.637. The average molecular weight is 326 g/mol. The Morgan fingerprint density at radius 1 is 1.29 bits per heavy atom. The van der Waals surface area contributed by atoms with Crippen LogP contribution >= 0.6 is 0 Å². The van der Waals surface area contributed by atoms with Gasteiger partial charge in [0, 0.05) is 24.2 Å². The molecule has 122 valence electrons. The predicted octanol–water partition coefficient (Wildman–Crippen LogP) is 2.62. The van der Waals surface area contributed by atoms with E-state index in [1.165, 1.54) is 18.2 Å². The van der Waals surface area contributed by atoms with Gasteiger partial charge in [0.1, 0.15) is 0 Å². The van der Waals surface area contributed by atoms with E-state index < -0.39 is 22.9 Å².